The van der Waals surface area contributed by atoms with Gasteiger partial charge in [-0.25, -0.2) is 4.79 Å². The molecule has 1 heterocycles. The zero-order chi connectivity index (χ0) is 19.2. The first-order chi connectivity index (χ1) is 13.0. The van der Waals surface area contributed by atoms with Crippen LogP contribution in [0.15, 0.2) is 45.1 Å². The standard InChI is InChI=1S/C20H24N2O5/c1-14(19(24)21-12-11-15-7-3-2-4-8-15)26-18(23)13-22-16-9-5-6-10-17(16)27-20(22)25/h5-7,9-10,14H,2-4,8,11-13H2,1H3,(H,21,24)/t14-/m0/s1. The zero-order valence-electron chi connectivity index (χ0n) is 15.4. The summed E-state index contributed by atoms with van der Waals surface area (Å²) >= 11 is 0. The molecule has 3 rings (SSSR count). The molecular formula is C20H24N2O5. The fourth-order valence-corrected chi connectivity index (χ4v) is 3.20. The normalized spacial score (nSPS) is 15.2. The molecule has 0 fully saturated rings. The van der Waals surface area contributed by atoms with Crippen molar-refractivity contribution >= 4 is 23.0 Å². The molecule has 1 N–H and O–H groups in total. The second-order valence-corrected chi connectivity index (χ2v) is 6.70. The number of oxazole rings is 1. The Kier molecular flexibility index (Phi) is 6.11. The summed E-state index contributed by atoms with van der Waals surface area (Å²) in [5.74, 6) is -1.64. The third kappa shape index (κ3) is 4.87. The molecule has 0 saturated heterocycles. The van der Waals surface area contributed by atoms with E-state index in [0.29, 0.717) is 17.6 Å². The Labute approximate surface area is 157 Å². The van der Waals surface area contributed by atoms with Crippen LogP contribution in [-0.4, -0.2) is 29.1 Å². The molecule has 27 heavy (non-hydrogen) atoms. The van der Waals surface area contributed by atoms with Crippen LogP contribution in [0.3, 0.4) is 0 Å². The lowest BCUT2D eigenvalue weighted by Crippen LogP contribution is -2.37. The van der Waals surface area contributed by atoms with Gasteiger partial charge < -0.3 is 14.5 Å². The van der Waals surface area contributed by atoms with E-state index in [2.05, 4.69) is 11.4 Å². The maximum Gasteiger partial charge on any atom is 0.420 e. The van der Waals surface area contributed by atoms with E-state index in [1.165, 1.54) is 29.9 Å². The predicted octanol–water partition coefficient (Wildman–Crippen LogP) is 2.53. The number of carbonyl (C=O) groups excluding carboxylic acids is 2. The Morgan fingerprint density at radius 2 is 2.11 bits per heavy atom. The Bertz CT molecular complexity index is 908. The molecule has 2 aromatic rings. The number of hydrogen-bond acceptors (Lipinski definition) is 5. The number of carbonyl (C=O) groups is 2. The number of nitrogens with zero attached hydrogens (tertiary/aromatic N) is 1. The average Bonchev–Trinajstić information content (AvgIpc) is 2.98. The van der Waals surface area contributed by atoms with Gasteiger partial charge in [-0.3, -0.25) is 14.2 Å². The van der Waals surface area contributed by atoms with E-state index in [9.17, 15) is 14.4 Å². The highest BCUT2D eigenvalue weighted by Crippen LogP contribution is 2.19. The number of ether oxygens (including phenoxy) is 1. The number of fused-ring (bicyclic) bond motifs is 1. The van der Waals surface area contributed by atoms with E-state index in [1.54, 1.807) is 24.3 Å². The number of rotatable bonds is 7. The van der Waals surface area contributed by atoms with Crippen molar-refractivity contribution in [3.05, 3.63) is 46.5 Å². The Balaban J connectivity index is 1.49. The number of nitrogens with one attached hydrogen (secondary N) is 1. The number of benzene rings is 1. The smallest absolute Gasteiger partial charge is 0.420 e. The van der Waals surface area contributed by atoms with E-state index in [0.717, 1.165) is 19.3 Å². The summed E-state index contributed by atoms with van der Waals surface area (Å²) in [5, 5.41) is 2.79. The largest absolute Gasteiger partial charge is 0.451 e. The molecule has 1 aliphatic carbocycles. The van der Waals surface area contributed by atoms with Crippen LogP contribution >= 0.6 is 0 Å². The Hall–Kier alpha value is -2.83. The molecular weight excluding hydrogens is 348 g/mol. The first-order valence-electron chi connectivity index (χ1n) is 9.28. The SMILES string of the molecule is C[C@H](OC(=O)Cn1c(=O)oc2ccccc21)C(=O)NCCC1=CCCCC1. The third-order valence-electron chi connectivity index (χ3n) is 4.67. The number of allylic oxidation sites excluding steroid dienone is 1. The highest BCUT2D eigenvalue weighted by atomic mass is 16.5. The molecule has 0 bridgehead atoms. The fourth-order valence-electron chi connectivity index (χ4n) is 3.20. The van der Waals surface area contributed by atoms with E-state index in [1.807, 2.05) is 0 Å². The van der Waals surface area contributed by atoms with Crippen molar-refractivity contribution in [3.8, 4) is 0 Å². The highest BCUT2D eigenvalue weighted by Gasteiger charge is 2.20. The molecule has 7 heteroatoms. The maximum atomic E-state index is 12.1. The molecule has 0 radical (unpaired) electrons. The lowest BCUT2D eigenvalue weighted by atomic mass is 9.97. The lowest BCUT2D eigenvalue weighted by Gasteiger charge is -2.15. The second-order valence-electron chi connectivity index (χ2n) is 6.70. The van der Waals surface area contributed by atoms with Gasteiger partial charge in [0, 0.05) is 6.54 Å². The molecule has 0 saturated carbocycles. The minimum absolute atomic E-state index is 0.305. The van der Waals surface area contributed by atoms with Gasteiger partial charge in [-0.15, -0.1) is 0 Å². The van der Waals surface area contributed by atoms with Crippen molar-refractivity contribution in [2.24, 2.45) is 0 Å². The molecule has 0 aliphatic heterocycles. The van der Waals surface area contributed by atoms with Crippen molar-refractivity contribution in [2.45, 2.75) is 51.7 Å². The van der Waals surface area contributed by atoms with E-state index < -0.39 is 17.8 Å². The highest BCUT2D eigenvalue weighted by molar-refractivity contribution is 5.83. The number of hydrogen-bond donors (Lipinski definition) is 1. The Morgan fingerprint density at radius 1 is 1.30 bits per heavy atom. The summed E-state index contributed by atoms with van der Waals surface area (Å²) in [6.45, 7) is 1.74. The summed E-state index contributed by atoms with van der Waals surface area (Å²) in [7, 11) is 0. The van der Waals surface area contributed by atoms with Crippen molar-refractivity contribution < 1.29 is 18.7 Å². The number of aromatic nitrogens is 1. The van der Waals surface area contributed by atoms with Gasteiger partial charge in [0.1, 0.15) is 6.54 Å². The summed E-state index contributed by atoms with van der Waals surface area (Å²) in [6.07, 6.45) is 6.78. The zero-order valence-corrected chi connectivity index (χ0v) is 15.4. The van der Waals surface area contributed by atoms with Crippen LogP contribution in [-0.2, 0) is 20.9 Å². The van der Waals surface area contributed by atoms with Crippen molar-refractivity contribution in [3.63, 3.8) is 0 Å². The summed E-state index contributed by atoms with van der Waals surface area (Å²) in [6, 6.07) is 6.82. The summed E-state index contributed by atoms with van der Waals surface area (Å²) < 4.78 is 11.4. The Morgan fingerprint density at radius 3 is 2.89 bits per heavy atom. The van der Waals surface area contributed by atoms with Gasteiger partial charge in [0.15, 0.2) is 11.7 Å². The quantitative estimate of drug-likeness (QED) is 0.596. The minimum atomic E-state index is -0.924. The fraction of sp³-hybridized carbons (Fsp3) is 0.450. The van der Waals surface area contributed by atoms with Gasteiger partial charge in [-0.05, 0) is 51.2 Å². The number of para-hydroxylation sites is 2. The van der Waals surface area contributed by atoms with Crippen molar-refractivity contribution in [2.75, 3.05) is 6.54 Å². The summed E-state index contributed by atoms with van der Waals surface area (Å²) in [5.41, 5.74) is 2.29. The van der Waals surface area contributed by atoms with Gasteiger partial charge in [0.2, 0.25) is 0 Å². The van der Waals surface area contributed by atoms with Crippen LogP contribution in [0.1, 0.15) is 39.0 Å². The topological polar surface area (TPSA) is 90.5 Å². The monoisotopic (exact) mass is 372 g/mol. The van der Waals surface area contributed by atoms with Gasteiger partial charge in [0.25, 0.3) is 5.91 Å². The molecule has 144 valence electrons. The molecule has 1 aliphatic rings. The minimum Gasteiger partial charge on any atom is -0.451 e. The van der Waals surface area contributed by atoms with Gasteiger partial charge in [0.05, 0.1) is 5.52 Å². The van der Waals surface area contributed by atoms with Crippen LogP contribution < -0.4 is 11.1 Å². The molecule has 7 nitrogen and oxygen atoms in total. The van der Waals surface area contributed by atoms with Crippen LogP contribution in [0, 0.1) is 0 Å². The molecule has 1 aromatic heterocycles. The second kappa shape index (κ2) is 8.70. The van der Waals surface area contributed by atoms with Crippen LogP contribution in [0.4, 0.5) is 0 Å². The summed E-state index contributed by atoms with van der Waals surface area (Å²) in [4.78, 5) is 36.1. The van der Waals surface area contributed by atoms with Crippen molar-refractivity contribution in [1.82, 2.24) is 9.88 Å². The van der Waals surface area contributed by atoms with Crippen molar-refractivity contribution in [1.29, 1.82) is 0 Å². The van der Waals surface area contributed by atoms with E-state index in [4.69, 9.17) is 9.15 Å². The molecule has 0 spiro atoms. The van der Waals surface area contributed by atoms with Crippen LogP contribution in [0.25, 0.3) is 11.1 Å². The van der Waals surface area contributed by atoms with Gasteiger partial charge in [-0.1, -0.05) is 23.8 Å². The molecule has 0 unspecified atom stereocenters. The maximum absolute atomic E-state index is 12.1. The average molecular weight is 372 g/mol. The molecule has 1 atom stereocenters. The number of esters is 1. The predicted molar refractivity (Wildman–Crippen MR) is 100 cm³/mol. The first-order valence-corrected chi connectivity index (χ1v) is 9.28. The third-order valence-corrected chi connectivity index (χ3v) is 4.67. The van der Waals surface area contributed by atoms with Crippen LogP contribution in [0.2, 0.25) is 0 Å². The number of amides is 1. The molecule has 1 aromatic carbocycles. The lowest BCUT2D eigenvalue weighted by molar-refractivity contribution is -0.155. The van der Waals surface area contributed by atoms with Crippen LogP contribution in [0.5, 0.6) is 0 Å². The van der Waals surface area contributed by atoms with E-state index >= 15 is 0 Å². The van der Waals surface area contributed by atoms with Gasteiger partial charge in [-0.2, -0.15) is 0 Å². The van der Waals surface area contributed by atoms with E-state index in [-0.39, 0.29) is 12.5 Å². The van der Waals surface area contributed by atoms with Gasteiger partial charge >= 0.3 is 11.7 Å². The first kappa shape index (κ1) is 18.9. The molecule has 1 amide bonds.